The number of aromatic nitrogens is 4. The first-order valence-electron chi connectivity index (χ1n) is 8.44. The van der Waals surface area contributed by atoms with Gasteiger partial charge in [0.15, 0.2) is 0 Å². The molecule has 0 aliphatic carbocycles. The molecule has 1 saturated heterocycles. The zero-order chi connectivity index (χ0) is 17.2. The summed E-state index contributed by atoms with van der Waals surface area (Å²) in [5.74, 6) is 0.991. The fourth-order valence-electron chi connectivity index (χ4n) is 3.44. The van der Waals surface area contributed by atoms with E-state index in [0.717, 1.165) is 42.8 Å². The number of H-pyrrole nitrogens is 1. The molecule has 0 radical (unpaired) electrons. The number of amides is 1. The van der Waals surface area contributed by atoms with Crippen molar-refractivity contribution in [1.29, 1.82) is 0 Å². The third kappa shape index (κ3) is 2.93. The van der Waals surface area contributed by atoms with Crippen LogP contribution in [0.1, 0.15) is 23.2 Å². The minimum atomic E-state index is 0.0717. The van der Waals surface area contributed by atoms with Crippen LogP contribution in [0, 0.1) is 0 Å². The maximum absolute atomic E-state index is 12.9. The Bertz CT molecular complexity index is 869. The number of likely N-dealkylation sites (tertiary alicyclic amines) is 1. The van der Waals surface area contributed by atoms with Gasteiger partial charge in [-0.05, 0) is 31.0 Å². The third-order valence-electron chi connectivity index (χ3n) is 4.91. The molecule has 1 N–H and O–H groups in total. The van der Waals surface area contributed by atoms with Crippen LogP contribution < -0.4 is 4.90 Å². The SMILES string of the molecule is CN(c1ccncn1)C1CCN(C(=O)c2c[nH]c3ncccc23)CC1. The first-order valence-corrected chi connectivity index (χ1v) is 8.44. The lowest BCUT2D eigenvalue weighted by molar-refractivity contribution is 0.0715. The molecule has 1 aliphatic rings. The highest BCUT2D eigenvalue weighted by Gasteiger charge is 2.27. The van der Waals surface area contributed by atoms with Crippen LogP contribution in [0.5, 0.6) is 0 Å². The number of hydrogen-bond acceptors (Lipinski definition) is 5. The van der Waals surface area contributed by atoms with Gasteiger partial charge in [0.1, 0.15) is 17.8 Å². The number of anilines is 1. The fraction of sp³-hybridized carbons (Fsp3) is 0.333. The maximum atomic E-state index is 12.9. The number of aromatic amines is 1. The van der Waals surface area contributed by atoms with Crippen LogP contribution >= 0.6 is 0 Å². The Hall–Kier alpha value is -2.96. The van der Waals surface area contributed by atoms with Crippen LogP contribution in [0.2, 0.25) is 0 Å². The van der Waals surface area contributed by atoms with E-state index in [9.17, 15) is 4.79 Å². The number of carbonyl (C=O) groups excluding carboxylic acids is 1. The molecule has 4 heterocycles. The summed E-state index contributed by atoms with van der Waals surface area (Å²) in [5, 5.41) is 0.882. The Morgan fingerprint density at radius 2 is 2.08 bits per heavy atom. The average Bonchev–Trinajstić information content (AvgIpc) is 3.12. The number of piperidine rings is 1. The number of carbonyl (C=O) groups is 1. The van der Waals surface area contributed by atoms with Crippen molar-refractivity contribution < 1.29 is 4.79 Å². The number of nitrogens with one attached hydrogen (secondary N) is 1. The summed E-state index contributed by atoms with van der Waals surface area (Å²) in [6, 6.07) is 6.08. The second-order valence-electron chi connectivity index (χ2n) is 6.30. The van der Waals surface area contributed by atoms with Crippen LogP contribution in [0.25, 0.3) is 11.0 Å². The summed E-state index contributed by atoms with van der Waals surface area (Å²) in [5.41, 5.74) is 1.45. The minimum absolute atomic E-state index is 0.0717. The molecule has 25 heavy (non-hydrogen) atoms. The molecule has 0 atom stereocenters. The molecule has 3 aromatic heterocycles. The quantitative estimate of drug-likeness (QED) is 0.792. The molecule has 0 bridgehead atoms. The van der Waals surface area contributed by atoms with Crippen LogP contribution in [0.15, 0.2) is 43.1 Å². The van der Waals surface area contributed by atoms with Gasteiger partial charge in [0.05, 0.1) is 5.56 Å². The van der Waals surface area contributed by atoms with Crippen LogP contribution in [-0.4, -0.2) is 56.9 Å². The molecule has 1 fully saturated rings. The van der Waals surface area contributed by atoms with Crippen LogP contribution in [0.3, 0.4) is 0 Å². The lowest BCUT2D eigenvalue weighted by Gasteiger charge is -2.37. The van der Waals surface area contributed by atoms with Gasteiger partial charge in [-0.2, -0.15) is 0 Å². The van der Waals surface area contributed by atoms with Crippen molar-refractivity contribution in [1.82, 2.24) is 24.8 Å². The van der Waals surface area contributed by atoms with Gasteiger partial charge < -0.3 is 14.8 Å². The highest BCUT2D eigenvalue weighted by molar-refractivity contribution is 6.05. The van der Waals surface area contributed by atoms with E-state index in [1.807, 2.05) is 23.1 Å². The van der Waals surface area contributed by atoms with Crippen molar-refractivity contribution in [2.75, 3.05) is 25.0 Å². The summed E-state index contributed by atoms with van der Waals surface area (Å²) in [4.78, 5) is 32.6. The Morgan fingerprint density at radius 1 is 1.24 bits per heavy atom. The van der Waals surface area contributed by atoms with E-state index in [1.54, 1.807) is 24.9 Å². The van der Waals surface area contributed by atoms with Gasteiger partial charge in [-0.25, -0.2) is 15.0 Å². The molecule has 3 aromatic rings. The first kappa shape index (κ1) is 15.6. The van der Waals surface area contributed by atoms with Crippen molar-refractivity contribution >= 4 is 22.8 Å². The molecule has 0 spiro atoms. The molecule has 4 rings (SSSR count). The fourth-order valence-corrected chi connectivity index (χ4v) is 3.44. The number of fused-ring (bicyclic) bond motifs is 1. The molecule has 1 aliphatic heterocycles. The summed E-state index contributed by atoms with van der Waals surface area (Å²) >= 11 is 0. The van der Waals surface area contributed by atoms with Gasteiger partial charge in [0.2, 0.25) is 0 Å². The largest absolute Gasteiger partial charge is 0.356 e. The van der Waals surface area contributed by atoms with E-state index in [2.05, 4.69) is 31.9 Å². The molecule has 0 saturated carbocycles. The van der Waals surface area contributed by atoms with E-state index in [1.165, 1.54) is 0 Å². The Morgan fingerprint density at radius 3 is 2.84 bits per heavy atom. The van der Waals surface area contributed by atoms with Crippen molar-refractivity contribution in [3.05, 3.63) is 48.7 Å². The Kier molecular flexibility index (Phi) is 4.05. The first-order chi connectivity index (χ1) is 12.2. The van der Waals surface area contributed by atoms with Gasteiger partial charge >= 0.3 is 0 Å². The van der Waals surface area contributed by atoms with Gasteiger partial charge in [-0.1, -0.05) is 0 Å². The Balaban J connectivity index is 1.44. The second kappa shape index (κ2) is 6.51. The van der Waals surface area contributed by atoms with E-state index >= 15 is 0 Å². The smallest absolute Gasteiger partial charge is 0.256 e. The van der Waals surface area contributed by atoms with Gasteiger partial charge in [-0.15, -0.1) is 0 Å². The lowest BCUT2D eigenvalue weighted by atomic mass is 10.0. The lowest BCUT2D eigenvalue weighted by Crippen LogP contribution is -2.45. The molecule has 7 heteroatoms. The number of hydrogen-bond donors (Lipinski definition) is 1. The normalized spacial score (nSPS) is 15.5. The van der Waals surface area contributed by atoms with Gasteiger partial charge in [0, 0.05) is 50.2 Å². The third-order valence-corrected chi connectivity index (χ3v) is 4.91. The summed E-state index contributed by atoms with van der Waals surface area (Å²) in [6.45, 7) is 1.48. The van der Waals surface area contributed by atoms with Crippen molar-refractivity contribution in [2.45, 2.75) is 18.9 Å². The molecule has 0 unspecified atom stereocenters. The Labute approximate surface area is 145 Å². The van der Waals surface area contributed by atoms with Crippen molar-refractivity contribution in [3.63, 3.8) is 0 Å². The van der Waals surface area contributed by atoms with Crippen molar-refractivity contribution in [3.8, 4) is 0 Å². The van der Waals surface area contributed by atoms with Crippen molar-refractivity contribution in [2.24, 2.45) is 0 Å². The van der Waals surface area contributed by atoms with E-state index < -0.39 is 0 Å². The predicted molar refractivity (Wildman–Crippen MR) is 95.5 cm³/mol. The highest BCUT2D eigenvalue weighted by Crippen LogP contribution is 2.23. The molecular formula is C18H20N6O. The molecular weight excluding hydrogens is 316 g/mol. The monoisotopic (exact) mass is 336 g/mol. The zero-order valence-electron chi connectivity index (χ0n) is 14.1. The van der Waals surface area contributed by atoms with Crippen LogP contribution in [0.4, 0.5) is 5.82 Å². The minimum Gasteiger partial charge on any atom is -0.356 e. The van der Waals surface area contributed by atoms with Crippen LogP contribution in [-0.2, 0) is 0 Å². The predicted octanol–water partition coefficient (Wildman–Crippen LogP) is 2.09. The number of pyridine rings is 1. The maximum Gasteiger partial charge on any atom is 0.256 e. The molecule has 0 aromatic carbocycles. The number of rotatable bonds is 3. The topological polar surface area (TPSA) is 78.0 Å². The van der Waals surface area contributed by atoms with Gasteiger partial charge in [0.25, 0.3) is 5.91 Å². The van der Waals surface area contributed by atoms with E-state index in [0.29, 0.717) is 11.6 Å². The summed E-state index contributed by atoms with van der Waals surface area (Å²) in [6.07, 6.45) is 8.65. The van der Waals surface area contributed by atoms with Gasteiger partial charge in [-0.3, -0.25) is 4.79 Å². The zero-order valence-corrected chi connectivity index (χ0v) is 14.1. The molecule has 7 nitrogen and oxygen atoms in total. The standard InChI is InChI=1S/C18H20N6O/c1-23(16-4-8-19-12-22-16)13-5-9-24(10-6-13)18(25)15-11-21-17-14(15)3-2-7-20-17/h2-4,7-8,11-13H,5-6,9-10H2,1H3,(H,20,21). The highest BCUT2D eigenvalue weighted by atomic mass is 16.2. The molecule has 1 amide bonds. The summed E-state index contributed by atoms with van der Waals surface area (Å²) < 4.78 is 0. The van der Waals surface area contributed by atoms with E-state index in [4.69, 9.17) is 0 Å². The second-order valence-corrected chi connectivity index (χ2v) is 6.30. The average molecular weight is 336 g/mol. The molecule has 128 valence electrons. The van der Waals surface area contributed by atoms with E-state index in [-0.39, 0.29) is 5.91 Å². The summed E-state index contributed by atoms with van der Waals surface area (Å²) in [7, 11) is 2.05. The number of nitrogens with zero attached hydrogens (tertiary/aromatic N) is 5.